The van der Waals surface area contributed by atoms with E-state index < -0.39 is 0 Å². The quantitative estimate of drug-likeness (QED) is 0.894. The lowest BCUT2D eigenvalue weighted by Crippen LogP contribution is -2.48. The summed E-state index contributed by atoms with van der Waals surface area (Å²) in [6, 6.07) is 7.81. The summed E-state index contributed by atoms with van der Waals surface area (Å²) in [4.78, 5) is 13.9. The monoisotopic (exact) mass is 314 g/mol. The number of rotatable bonds is 5. The molecule has 1 aromatic carbocycles. The smallest absolute Gasteiger partial charge is 0.253 e. The highest BCUT2D eigenvalue weighted by atomic mass is 35.5. The molecule has 0 aromatic heterocycles. The van der Waals surface area contributed by atoms with E-state index in [0.29, 0.717) is 26.3 Å². The van der Waals surface area contributed by atoms with Gasteiger partial charge in [-0.3, -0.25) is 4.79 Å². The number of likely N-dealkylation sites (N-methyl/N-ethyl adjacent to an activating group) is 1. The Morgan fingerprint density at radius 3 is 2.71 bits per heavy atom. The summed E-state index contributed by atoms with van der Waals surface area (Å²) in [7, 11) is 1.80. The van der Waals surface area contributed by atoms with E-state index in [9.17, 15) is 4.79 Å². The Bertz CT molecular complexity index is 433. The number of hydrogen-bond donors (Lipinski definition) is 1. The Labute approximate surface area is 132 Å². The number of carbonyl (C=O) groups is 1. The second kappa shape index (κ2) is 8.87. The zero-order valence-electron chi connectivity index (χ0n) is 12.5. The number of nitrogens with one attached hydrogen (secondary N) is 1. The van der Waals surface area contributed by atoms with Gasteiger partial charge in [0, 0.05) is 26.7 Å². The van der Waals surface area contributed by atoms with E-state index in [2.05, 4.69) is 5.32 Å². The van der Waals surface area contributed by atoms with Crippen molar-refractivity contribution in [2.75, 3.05) is 33.4 Å². The van der Waals surface area contributed by atoms with Crippen LogP contribution in [-0.4, -0.2) is 50.3 Å². The van der Waals surface area contributed by atoms with Gasteiger partial charge in [-0.1, -0.05) is 12.1 Å². The number of amides is 1. The largest absolute Gasteiger partial charge is 0.494 e. The van der Waals surface area contributed by atoms with Gasteiger partial charge in [0.05, 0.1) is 13.2 Å². The van der Waals surface area contributed by atoms with Crippen molar-refractivity contribution in [1.82, 2.24) is 10.2 Å². The fraction of sp³-hybridized carbons (Fsp3) is 0.533. The van der Waals surface area contributed by atoms with Crippen molar-refractivity contribution in [2.24, 2.45) is 0 Å². The molecule has 0 spiro atoms. The van der Waals surface area contributed by atoms with Crippen LogP contribution >= 0.6 is 12.4 Å². The van der Waals surface area contributed by atoms with Crippen LogP contribution in [0.15, 0.2) is 24.3 Å². The van der Waals surface area contributed by atoms with Crippen LogP contribution in [0.1, 0.15) is 12.5 Å². The SMILES string of the molecule is CCOc1ccc(CN(C)C(=O)C2CNCCO2)cc1.Cl. The van der Waals surface area contributed by atoms with Crippen molar-refractivity contribution < 1.29 is 14.3 Å². The molecule has 1 atom stereocenters. The molecule has 5 nitrogen and oxygen atoms in total. The van der Waals surface area contributed by atoms with Gasteiger partial charge in [0.2, 0.25) is 0 Å². The molecule has 1 aliphatic heterocycles. The summed E-state index contributed by atoms with van der Waals surface area (Å²) in [6.07, 6.45) is -0.364. The molecule has 1 fully saturated rings. The third-order valence-electron chi connectivity index (χ3n) is 3.23. The topological polar surface area (TPSA) is 50.8 Å². The second-order valence-electron chi connectivity index (χ2n) is 4.83. The molecule has 1 aliphatic rings. The fourth-order valence-corrected chi connectivity index (χ4v) is 2.18. The first-order chi connectivity index (χ1) is 9.70. The van der Waals surface area contributed by atoms with Gasteiger partial charge in [-0.25, -0.2) is 0 Å². The zero-order chi connectivity index (χ0) is 14.4. The van der Waals surface area contributed by atoms with Crippen LogP contribution in [0.2, 0.25) is 0 Å². The number of benzene rings is 1. The summed E-state index contributed by atoms with van der Waals surface area (Å²) >= 11 is 0. The predicted octanol–water partition coefficient (Wildman–Crippen LogP) is 1.45. The molecule has 118 valence electrons. The lowest BCUT2D eigenvalue weighted by atomic mass is 10.2. The lowest BCUT2D eigenvalue weighted by Gasteiger charge is -2.27. The molecule has 1 aromatic rings. The first kappa shape index (κ1) is 17.8. The molecule has 1 amide bonds. The summed E-state index contributed by atoms with van der Waals surface area (Å²) in [5.41, 5.74) is 1.08. The van der Waals surface area contributed by atoms with Crippen LogP contribution in [0, 0.1) is 0 Å². The average Bonchev–Trinajstić information content (AvgIpc) is 2.49. The van der Waals surface area contributed by atoms with Gasteiger partial charge in [0.1, 0.15) is 11.9 Å². The summed E-state index contributed by atoms with van der Waals surface area (Å²) < 4.78 is 10.9. The highest BCUT2D eigenvalue weighted by Gasteiger charge is 2.24. The maximum Gasteiger partial charge on any atom is 0.253 e. The molecule has 1 unspecified atom stereocenters. The van der Waals surface area contributed by atoms with E-state index in [1.165, 1.54) is 0 Å². The Hall–Kier alpha value is -1.30. The van der Waals surface area contributed by atoms with Crippen LogP contribution in [0.3, 0.4) is 0 Å². The molecule has 21 heavy (non-hydrogen) atoms. The first-order valence-electron chi connectivity index (χ1n) is 6.99. The molecule has 0 saturated carbocycles. The van der Waals surface area contributed by atoms with Crippen molar-refractivity contribution in [3.05, 3.63) is 29.8 Å². The van der Waals surface area contributed by atoms with Crippen molar-refractivity contribution in [3.63, 3.8) is 0 Å². The van der Waals surface area contributed by atoms with Crippen LogP contribution in [0.25, 0.3) is 0 Å². The molecule has 1 N–H and O–H groups in total. The van der Waals surface area contributed by atoms with Gasteiger partial charge in [-0.15, -0.1) is 12.4 Å². The second-order valence-corrected chi connectivity index (χ2v) is 4.83. The minimum atomic E-state index is -0.364. The number of nitrogens with zero attached hydrogens (tertiary/aromatic N) is 1. The molecule has 2 rings (SSSR count). The Kier molecular flexibility index (Phi) is 7.50. The van der Waals surface area contributed by atoms with E-state index in [1.54, 1.807) is 11.9 Å². The van der Waals surface area contributed by atoms with E-state index in [-0.39, 0.29) is 24.4 Å². The summed E-state index contributed by atoms with van der Waals surface area (Å²) in [5.74, 6) is 0.871. The number of hydrogen-bond acceptors (Lipinski definition) is 4. The van der Waals surface area contributed by atoms with E-state index in [4.69, 9.17) is 9.47 Å². The Morgan fingerprint density at radius 2 is 2.14 bits per heavy atom. The molecule has 1 saturated heterocycles. The van der Waals surface area contributed by atoms with Gasteiger partial charge in [0.15, 0.2) is 0 Å². The van der Waals surface area contributed by atoms with Crippen LogP contribution in [0.4, 0.5) is 0 Å². The Morgan fingerprint density at radius 1 is 1.43 bits per heavy atom. The molecule has 0 aliphatic carbocycles. The van der Waals surface area contributed by atoms with Crippen molar-refractivity contribution in [1.29, 1.82) is 0 Å². The van der Waals surface area contributed by atoms with Gasteiger partial charge < -0.3 is 19.7 Å². The number of morpholine rings is 1. The third-order valence-corrected chi connectivity index (χ3v) is 3.23. The molecule has 1 heterocycles. The first-order valence-corrected chi connectivity index (χ1v) is 6.99. The highest BCUT2D eigenvalue weighted by molar-refractivity contribution is 5.85. The molecular weight excluding hydrogens is 292 g/mol. The van der Waals surface area contributed by atoms with Gasteiger partial charge >= 0.3 is 0 Å². The molecular formula is C15H23ClN2O3. The molecule has 6 heteroatoms. The Balaban J connectivity index is 0.00000220. The van der Waals surface area contributed by atoms with Crippen LogP contribution in [-0.2, 0) is 16.1 Å². The predicted molar refractivity (Wildman–Crippen MR) is 83.9 cm³/mol. The van der Waals surface area contributed by atoms with E-state index in [1.807, 2.05) is 31.2 Å². The zero-order valence-corrected chi connectivity index (χ0v) is 13.3. The highest BCUT2D eigenvalue weighted by Crippen LogP contribution is 2.14. The number of carbonyl (C=O) groups excluding carboxylic acids is 1. The van der Waals surface area contributed by atoms with Crippen LogP contribution in [0.5, 0.6) is 5.75 Å². The van der Waals surface area contributed by atoms with Crippen molar-refractivity contribution in [2.45, 2.75) is 19.6 Å². The maximum atomic E-state index is 12.2. The minimum Gasteiger partial charge on any atom is -0.494 e. The number of halogens is 1. The van der Waals surface area contributed by atoms with Crippen molar-refractivity contribution >= 4 is 18.3 Å². The van der Waals surface area contributed by atoms with E-state index >= 15 is 0 Å². The van der Waals surface area contributed by atoms with Gasteiger partial charge in [-0.05, 0) is 24.6 Å². The normalized spacial score (nSPS) is 17.7. The summed E-state index contributed by atoms with van der Waals surface area (Å²) in [5, 5.41) is 3.17. The fourth-order valence-electron chi connectivity index (χ4n) is 2.18. The molecule has 0 bridgehead atoms. The van der Waals surface area contributed by atoms with E-state index in [0.717, 1.165) is 17.9 Å². The maximum absolute atomic E-state index is 12.2. The van der Waals surface area contributed by atoms with Crippen molar-refractivity contribution in [3.8, 4) is 5.75 Å². The molecule has 0 radical (unpaired) electrons. The van der Waals surface area contributed by atoms with Gasteiger partial charge in [0.25, 0.3) is 5.91 Å². The standard InChI is InChI=1S/C15H22N2O3.ClH/c1-3-19-13-6-4-12(5-7-13)11-17(2)15(18)14-10-16-8-9-20-14;/h4-7,14,16H,3,8-11H2,1-2H3;1H. The number of ether oxygens (including phenoxy) is 2. The average molecular weight is 315 g/mol. The van der Waals surface area contributed by atoms with Gasteiger partial charge in [-0.2, -0.15) is 0 Å². The lowest BCUT2D eigenvalue weighted by molar-refractivity contribution is -0.144. The summed E-state index contributed by atoms with van der Waals surface area (Å²) in [6.45, 7) is 5.18. The third kappa shape index (κ3) is 5.19. The van der Waals surface area contributed by atoms with Crippen LogP contribution < -0.4 is 10.1 Å². The minimum absolute atomic E-state index is 0.